The quantitative estimate of drug-likeness (QED) is 0.790. The topological polar surface area (TPSA) is 73.8 Å². The number of rotatable bonds is 4. The summed E-state index contributed by atoms with van der Waals surface area (Å²) in [6.45, 7) is 5.76. The van der Waals surface area contributed by atoms with Crippen LogP contribution in [0.4, 0.5) is 5.69 Å². The van der Waals surface area contributed by atoms with Gasteiger partial charge in [0, 0.05) is 42.2 Å². The number of piperidine rings is 1. The average molecular weight is 425 g/mol. The molecule has 1 spiro atoms. The van der Waals surface area contributed by atoms with Crippen LogP contribution in [0.2, 0.25) is 5.02 Å². The molecule has 0 bridgehead atoms. The highest BCUT2D eigenvalue weighted by atomic mass is 35.5. The van der Waals surface area contributed by atoms with Gasteiger partial charge in [0.25, 0.3) is 5.91 Å². The van der Waals surface area contributed by atoms with Gasteiger partial charge in [-0.15, -0.1) is 0 Å². The number of hydrogen-bond acceptors (Lipinski definition) is 4. The van der Waals surface area contributed by atoms with Crippen LogP contribution in [0, 0.1) is 13.8 Å². The largest absolute Gasteiger partial charge is 0.326 e. The zero-order valence-corrected chi connectivity index (χ0v) is 17.9. The maximum atomic E-state index is 12.6. The molecule has 2 N–H and O–H groups in total. The zero-order valence-electron chi connectivity index (χ0n) is 17.2. The van der Waals surface area contributed by atoms with E-state index in [9.17, 15) is 9.59 Å². The molecular formula is C23H25ClN4O2. The van der Waals surface area contributed by atoms with Gasteiger partial charge in [0.05, 0.1) is 6.54 Å². The van der Waals surface area contributed by atoms with Gasteiger partial charge in [0.2, 0.25) is 5.91 Å². The Kier molecular flexibility index (Phi) is 5.62. The summed E-state index contributed by atoms with van der Waals surface area (Å²) in [4.78, 5) is 31.9. The number of halogens is 1. The van der Waals surface area contributed by atoms with Gasteiger partial charge < -0.3 is 10.6 Å². The molecule has 6 nitrogen and oxygen atoms in total. The molecule has 1 saturated heterocycles. The molecule has 0 aliphatic carbocycles. The molecule has 2 amide bonds. The fourth-order valence-electron chi connectivity index (χ4n) is 3.94. The second-order valence-corrected chi connectivity index (χ2v) is 8.52. The second-order valence-electron chi connectivity index (χ2n) is 8.08. The number of carbonyl (C=O) groups excluding carboxylic acids is 2. The first-order valence-electron chi connectivity index (χ1n) is 10.1. The number of nitrogens with zero attached hydrogens (tertiary/aromatic N) is 2. The summed E-state index contributed by atoms with van der Waals surface area (Å²) >= 11 is 5.96. The molecule has 2 aromatic carbocycles. The molecule has 4 rings (SSSR count). The van der Waals surface area contributed by atoms with Gasteiger partial charge in [-0.1, -0.05) is 29.8 Å². The smallest absolute Gasteiger partial charge is 0.272 e. The molecule has 30 heavy (non-hydrogen) atoms. The number of amides is 2. The number of benzene rings is 2. The molecule has 0 radical (unpaired) electrons. The van der Waals surface area contributed by atoms with Crippen LogP contribution in [-0.4, -0.2) is 47.7 Å². The Morgan fingerprint density at radius 2 is 1.93 bits per heavy atom. The lowest BCUT2D eigenvalue weighted by atomic mass is 9.98. The summed E-state index contributed by atoms with van der Waals surface area (Å²) < 4.78 is 0. The molecule has 1 fully saturated rings. The standard InChI is InChI=1S/C23H25ClN4O2/c1-15-6-7-17(12-16(15)2)21-22(30)27-23(26-21)8-10-28(11-9-23)14-20(29)25-19-5-3-4-18(24)13-19/h3-7,12-13H,8-11,14H2,1-2H3,(H,25,29)(H,27,30). The van der Waals surface area contributed by atoms with Gasteiger partial charge >= 0.3 is 0 Å². The molecule has 2 aromatic rings. The fourth-order valence-corrected chi connectivity index (χ4v) is 4.13. The number of aliphatic imine (C=N–C) groups is 1. The van der Waals surface area contributed by atoms with Crippen molar-refractivity contribution in [2.45, 2.75) is 32.4 Å². The van der Waals surface area contributed by atoms with Crippen LogP contribution in [0.3, 0.4) is 0 Å². The molecule has 0 saturated carbocycles. The van der Waals surface area contributed by atoms with Gasteiger partial charge in [0.15, 0.2) is 0 Å². The average Bonchev–Trinajstić information content (AvgIpc) is 3.02. The molecule has 156 valence electrons. The van der Waals surface area contributed by atoms with E-state index in [1.165, 1.54) is 5.56 Å². The Morgan fingerprint density at radius 3 is 2.63 bits per heavy atom. The van der Waals surface area contributed by atoms with E-state index < -0.39 is 5.66 Å². The van der Waals surface area contributed by atoms with Crippen molar-refractivity contribution in [1.82, 2.24) is 10.2 Å². The lowest BCUT2D eigenvalue weighted by Crippen LogP contribution is -2.52. The van der Waals surface area contributed by atoms with Crippen LogP contribution in [0.25, 0.3) is 0 Å². The van der Waals surface area contributed by atoms with E-state index in [4.69, 9.17) is 16.6 Å². The fraction of sp³-hybridized carbons (Fsp3) is 0.348. The minimum atomic E-state index is -0.564. The summed E-state index contributed by atoms with van der Waals surface area (Å²) in [7, 11) is 0. The van der Waals surface area contributed by atoms with E-state index in [-0.39, 0.29) is 11.8 Å². The third kappa shape index (κ3) is 4.40. The van der Waals surface area contributed by atoms with E-state index in [0.717, 1.165) is 11.1 Å². The summed E-state index contributed by atoms with van der Waals surface area (Å²) in [6, 6.07) is 13.1. The number of likely N-dealkylation sites (tertiary alicyclic amines) is 1. The zero-order chi connectivity index (χ0) is 21.3. The lowest BCUT2D eigenvalue weighted by molar-refractivity contribution is -0.119. The van der Waals surface area contributed by atoms with E-state index in [0.29, 0.717) is 48.9 Å². The summed E-state index contributed by atoms with van der Waals surface area (Å²) in [5.74, 6) is -0.201. The van der Waals surface area contributed by atoms with Crippen molar-refractivity contribution in [3.05, 3.63) is 64.2 Å². The highest BCUT2D eigenvalue weighted by molar-refractivity contribution is 6.46. The highest BCUT2D eigenvalue weighted by Crippen LogP contribution is 2.29. The van der Waals surface area contributed by atoms with E-state index in [2.05, 4.69) is 22.5 Å². The van der Waals surface area contributed by atoms with Crippen molar-refractivity contribution in [3.8, 4) is 0 Å². The lowest BCUT2D eigenvalue weighted by Gasteiger charge is -2.36. The molecule has 2 aliphatic rings. The van der Waals surface area contributed by atoms with Crippen molar-refractivity contribution >= 4 is 34.8 Å². The van der Waals surface area contributed by atoms with E-state index >= 15 is 0 Å². The Bertz CT molecular complexity index is 1030. The Balaban J connectivity index is 1.37. The molecule has 0 aromatic heterocycles. The number of aryl methyl sites for hydroxylation is 2. The van der Waals surface area contributed by atoms with Crippen molar-refractivity contribution < 1.29 is 9.59 Å². The highest BCUT2D eigenvalue weighted by Gasteiger charge is 2.42. The van der Waals surface area contributed by atoms with Crippen LogP contribution < -0.4 is 10.6 Å². The third-order valence-corrected chi connectivity index (χ3v) is 6.06. The first-order chi connectivity index (χ1) is 14.3. The molecule has 7 heteroatoms. The summed E-state index contributed by atoms with van der Waals surface area (Å²) in [6.07, 6.45) is 1.36. The minimum absolute atomic E-state index is 0.0806. The van der Waals surface area contributed by atoms with Crippen LogP contribution >= 0.6 is 11.6 Å². The monoisotopic (exact) mass is 424 g/mol. The Hall–Kier alpha value is -2.70. The van der Waals surface area contributed by atoms with Gasteiger partial charge in [-0.25, -0.2) is 0 Å². The SMILES string of the molecule is Cc1ccc(C2=NC3(CCN(CC(=O)Nc4cccc(Cl)c4)CC3)NC2=O)cc1C. The van der Waals surface area contributed by atoms with Crippen molar-refractivity contribution in [2.24, 2.45) is 4.99 Å². The third-order valence-electron chi connectivity index (χ3n) is 5.83. The number of anilines is 1. The molecule has 0 unspecified atom stereocenters. The minimum Gasteiger partial charge on any atom is -0.326 e. The summed E-state index contributed by atoms with van der Waals surface area (Å²) in [5, 5.41) is 6.55. The molecule has 2 aliphatic heterocycles. The predicted octanol–water partition coefficient (Wildman–Crippen LogP) is 3.31. The molecule has 0 atom stereocenters. The van der Waals surface area contributed by atoms with Gasteiger partial charge in [-0.2, -0.15) is 0 Å². The Morgan fingerprint density at radius 1 is 1.17 bits per heavy atom. The maximum Gasteiger partial charge on any atom is 0.272 e. The number of carbonyl (C=O) groups is 2. The van der Waals surface area contributed by atoms with Crippen LogP contribution in [0.1, 0.15) is 29.5 Å². The van der Waals surface area contributed by atoms with Crippen LogP contribution in [-0.2, 0) is 9.59 Å². The predicted molar refractivity (Wildman–Crippen MR) is 119 cm³/mol. The first-order valence-corrected chi connectivity index (χ1v) is 10.5. The molecular weight excluding hydrogens is 400 g/mol. The van der Waals surface area contributed by atoms with E-state index in [1.807, 2.05) is 31.2 Å². The normalized spacial score (nSPS) is 18.2. The number of nitrogens with one attached hydrogen (secondary N) is 2. The van der Waals surface area contributed by atoms with Gasteiger partial charge in [-0.05, 0) is 49.2 Å². The Labute approximate surface area is 181 Å². The van der Waals surface area contributed by atoms with Crippen molar-refractivity contribution in [1.29, 1.82) is 0 Å². The molecule has 2 heterocycles. The second kappa shape index (κ2) is 8.20. The van der Waals surface area contributed by atoms with Gasteiger partial charge in [0.1, 0.15) is 11.4 Å². The number of hydrogen-bond donors (Lipinski definition) is 2. The van der Waals surface area contributed by atoms with Crippen LogP contribution in [0.5, 0.6) is 0 Å². The van der Waals surface area contributed by atoms with Gasteiger partial charge in [-0.3, -0.25) is 19.5 Å². The van der Waals surface area contributed by atoms with Crippen molar-refractivity contribution in [3.63, 3.8) is 0 Å². The first kappa shape index (κ1) is 20.6. The maximum absolute atomic E-state index is 12.6. The summed E-state index contributed by atoms with van der Waals surface area (Å²) in [5.41, 5.74) is 3.82. The van der Waals surface area contributed by atoms with E-state index in [1.54, 1.807) is 18.2 Å². The van der Waals surface area contributed by atoms with Crippen molar-refractivity contribution in [2.75, 3.05) is 25.0 Å². The van der Waals surface area contributed by atoms with Crippen LogP contribution in [0.15, 0.2) is 47.5 Å².